The van der Waals surface area contributed by atoms with Gasteiger partial charge in [-0.05, 0) is 28.9 Å². The molecule has 0 heterocycles. The maximum Gasteiger partial charge on any atom is 0.156 e. The highest BCUT2D eigenvalue weighted by molar-refractivity contribution is 9.10. The van der Waals surface area contributed by atoms with Gasteiger partial charge in [0.1, 0.15) is 5.82 Å². The van der Waals surface area contributed by atoms with E-state index in [1.807, 2.05) is 0 Å². The van der Waals surface area contributed by atoms with E-state index in [0.29, 0.717) is 0 Å². The minimum atomic E-state index is -0.919. The monoisotopic (exact) mass is 258 g/mol. The zero-order valence-electron chi connectivity index (χ0n) is 7.20. The van der Waals surface area contributed by atoms with Crippen LogP contribution in [0.5, 0.6) is 0 Å². The van der Waals surface area contributed by atoms with E-state index in [0.717, 1.165) is 6.07 Å². The van der Waals surface area contributed by atoms with Crippen molar-refractivity contribution in [3.05, 3.63) is 33.3 Å². The van der Waals surface area contributed by atoms with E-state index in [-0.39, 0.29) is 16.3 Å². The van der Waals surface area contributed by atoms with Gasteiger partial charge < -0.3 is 0 Å². The van der Waals surface area contributed by atoms with Crippen molar-refractivity contribution in [2.45, 2.75) is 6.92 Å². The Kier molecular flexibility index (Phi) is 3.37. The van der Waals surface area contributed by atoms with Gasteiger partial charge in [0.25, 0.3) is 0 Å². The molecule has 72 valence electrons. The summed E-state index contributed by atoms with van der Waals surface area (Å²) in [6.45, 7) is 1.55. The topological polar surface area (TPSA) is 17.1 Å². The number of halogens is 3. The van der Waals surface area contributed by atoms with Crippen molar-refractivity contribution >= 4 is 22.2 Å². The van der Waals surface area contributed by atoms with Crippen LogP contribution in [0.2, 0.25) is 0 Å². The molecule has 14 heavy (non-hydrogen) atoms. The standard InChI is InChI=1S/C10H5BrF2O/c1-2-3-6-4-8(12)7(5-14)10(13)9(6)11/h4-5H,1H3. The zero-order chi connectivity index (χ0) is 10.7. The Morgan fingerprint density at radius 2 is 2.14 bits per heavy atom. The van der Waals surface area contributed by atoms with Crippen LogP contribution in [0.25, 0.3) is 0 Å². The molecule has 1 aromatic carbocycles. The van der Waals surface area contributed by atoms with Gasteiger partial charge in [-0.1, -0.05) is 5.92 Å². The van der Waals surface area contributed by atoms with Gasteiger partial charge in [0.05, 0.1) is 10.0 Å². The molecule has 0 unspecified atom stereocenters. The third-order valence-electron chi connectivity index (χ3n) is 1.57. The number of rotatable bonds is 1. The van der Waals surface area contributed by atoms with Crippen molar-refractivity contribution in [3.63, 3.8) is 0 Å². The van der Waals surface area contributed by atoms with Crippen molar-refractivity contribution in [1.29, 1.82) is 0 Å². The van der Waals surface area contributed by atoms with E-state index in [2.05, 4.69) is 27.8 Å². The van der Waals surface area contributed by atoms with Crippen LogP contribution in [0.4, 0.5) is 8.78 Å². The minimum Gasteiger partial charge on any atom is -0.298 e. The van der Waals surface area contributed by atoms with Gasteiger partial charge in [-0.15, -0.1) is 5.92 Å². The summed E-state index contributed by atoms with van der Waals surface area (Å²) < 4.78 is 26.3. The second-order valence-electron chi connectivity index (χ2n) is 2.44. The largest absolute Gasteiger partial charge is 0.298 e. The number of aldehydes is 1. The molecular weight excluding hydrogens is 254 g/mol. The van der Waals surface area contributed by atoms with Crippen LogP contribution in [0.3, 0.4) is 0 Å². The van der Waals surface area contributed by atoms with E-state index in [4.69, 9.17) is 0 Å². The van der Waals surface area contributed by atoms with E-state index < -0.39 is 17.2 Å². The fourth-order valence-corrected chi connectivity index (χ4v) is 1.37. The van der Waals surface area contributed by atoms with E-state index in [1.165, 1.54) is 0 Å². The molecule has 0 aromatic heterocycles. The van der Waals surface area contributed by atoms with Gasteiger partial charge in [-0.2, -0.15) is 0 Å². The Hall–Kier alpha value is -1.21. The van der Waals surface area contributed by atoms with Crippen LogP contribution in [0, 0.1) is 23.5 Å². The molecule has 0 atom stereocenters. The molecule has 1 aromatic rings. The lowest BCUT2D eigenvalue weighted by Gasteiger charge is -2.02. The maximum atomic E-state index is 13.3. The lowest BCUT2D eigenvalue weighted by atomic mass is 10.1. The Balaban J connectivity index is 3.52. The third-order valence-corrected chi connectivity index (χ3v) is 2.35. The van der Waals surface area contributed by atoms with Gasteiger partial charge in [-0.3, -0.25) is 4.79 Å². The first-order chi connectivity index (χ1) is 6.61. The van der Waals surface area contributed by atoms with Crippen LogP contribution in [-0.4, -0.2) is 6.29 Å². The van der Waals surface area contributed by atoms with Gasteiger partial charge >= 0.3 is 0 Å². The van der Waals surface area contributed by atoms with E-state index in [1.54, 1.807) is 6.92 Å². The SMILES string of the molecule is CC#Cc1cc(F)c(C=O)c(F)c1Br. The van der Waals surface area contributed by atoms with Crippen LogP contribution in [-0.2, 0) is 0 Å². The van der Waals surface area contributed by atoms with Crippen molar-refractivity contribution in [2.24, 2.45) is 0 Å². The summed E-state index contributed by atoms with van der Waals surface area (Å²) in [5, 5.41) is 0. The van der Waals surface area contributed by atoms with Gasteiger partial charge in [0.15, 0.2) is 12.1 Å². The third kappa shape index (κ3) is 1.83. The second-order valence-corrected chi connectivity index (χ2v) is 3.23. The molecule has 0 saturated carbocycles. The van der Waals surface area contributed by atoms with Crippen LogP contribution >= 0.6 is 15.9 Å². The highest BCUT2D eigenvalue weighted by Gasteiger charge is 2.15. The number of carbonyl (C=O) groups excluding carboxylic acids is 1. The predicted octanol–water partition coefficient (Wildman–Crippen LogP) is 2.91. The number of hydrogen-bond donors (Lipinski definition) is 0. The molecule has 0 N–H and O–H groups in total. The molecule has 0 radical (unpaired) electrons. The van der Waals surface area contributed by atoms with Gasteiger partial charge in [0.2, 0.25) is 0 Å². The Morgan fingerprint density at radius 3 is 2.64 bits per heavy atom. The van der Waals surface area contributed by atoms with E-state index in [9.17, 15) is 13.6 Å². The fraction of sp³-hybridized carbons (Fsp3) is 0.100. The zero-order valence-corrected chi connectivity index (χ0v) is 8.78. The number of hydrogen-bond acceptors (Lipinski definition) is 1. The van der Waals surface area contributed by atoms with Crippen LogP contribution in [0.1, 0.15) is 22.8 Å². The number of carbonyl (C=O) groups is 1. The summed E-state index contributed by atoms with van der Waals surface area (Å²) in [6, 6.07) is 1.02. The molecule has 0 saturated heterocycles. The molecule has 1 nitrogen and oxygen atoms in total. The molecule has 0 aliphatic heterocycles. The van der Waals surface area contributed by atoms with Crippen LogP contribution < -0.4 is 0 Å². The first kappa shape index (κ1) is 10.9. The predicted molar refractivity (Wildman–Crippen MR) is 52.0 cm³/mol. The van der Waals surface area contributed by atoms with E-state index >= 15 is 0 Å². The van der Waals surface area contributed by atoms with Crippen molar-refractivity contribution in [3.8, 4) is 11.8 Å². The highest BCUT2D eigenvalue weighted by atomic mass is 79.9. The molecule has 0 amide bonds. The average molecular weight is 259 g/mol. The normalized spacial score (nSPS) is 9.14. The molecule has 0 fully saturated rings. The smallest absolute Gasteiger partial charge is 0.156 e. The molecule has 0 aliphatic carbocycles. The van der Waals surface area contributed by atoms with Crippen molar-refractivity contribution in [2.75, 3.05) is 0 Å². The van der Waals surface area contributed by atoms with Gasteiger partial charge in [0, 0.05) is 5.56 Å². The lowest BCUT2D eigenvalue weighted by molar-refractivity contribution is 0.111. The Morgan fingerprint density at radius 1 is 1.50 bits per heavy atom. The highest BCUT2D eigenvalue weighted by Crippen LogP contribution is 2.24. The molecule has 0 bridgehead atoms. The summed E-state index contributed by atoms with van der Waals surface area (Å²) in [6.07, 6.45) is 0.137. The molecule has 0 spiro atoms. The van der Waals surface area contributed by atoms with Crippen LogP contribution in [0.15, 0.2) is 10.5 Å². The summed E-state index contributed by atoms with van der Waals surface area (Å²) in [7, 11) is 0. The average Bonchev–Trinajstić information content (AvgIpc) is 2.15. The molecule has 4 heteroatoms. The summed E-state index contributed by atoms with van der Waals surface area (Å²) in [4.78, 5) is 10.3. The molecule has 1 rings (SSSR count). The minimum absolute atomic E-state index is 0.00958. The first-order valence-corrected chi connectivity index (χ1v) is 4.46. The fourth-order valence-electron chi connectivity index (χ4n) is 0.943. The summed E-state index contributed by atoms with van der Waals surface area (Å²) in [5.41, 5.74) is -0.397. The van der Waals surface area contributed by atoms with Crippen molar-refractivity contribution < 1.29 is 13.6 Å². The Bertz CT molecular complexity index is 444. The quantitative estimate of drug-likeness (QED) is 0.430. The Labute approximate surface area is 88.3 Å². The first-order valence-electron chi connectivity index (χ1n) is 3.67. The lowest BCUT2D eigenvalue weighted by Crippen LogP contribution is -1.97. The molecular formula is C10H5BrF2O. The summed E-state index contributed by atoms with van der Waals surface area (Å²) in [5.74, 6) is 3.21. The van der Waals surface area contributed by atoms with Crippen molar-refractivity contribution in [1.82, 2.24) is 0 Å². The molecule has 0 aliphatic rings. The summed E-state index contributed by atoms with van der Waals surface area (Å²) >= 11 is 2.90. The van der Waals surface area contributed by atoms with Gasteiger partial charge in [-0.25, -0.2) is 8.78 Å². The second kappa shape index (κ2) is 4.34. The number of benzene rings is 1. The maximum absolute atomic E-state index is 13.3.